The van der Waals surface area contributed by atoms with Gasteiger partial charge >= 0.3 is 0 Å². The zero-order valence-electron chi connectivity index (χ0n) is 10.0. The molecule has 17 heavy (non-hydrogen) atoms. The number of aliphatic hydroxyl groups is 1. The van der Waals surface area contributed by atoms with E-state index in [4.69, 9.17) is 9.94 Å². The summed E-state index contributed by atoms with van der Waals surface area (Å²) < 4.78 is 0. The fourth-order valence-corrected chi connectivity index (χ4v) is 1.30. The summed E-state index contributed by atoms with van der Waals surface area (Å²) in [5.74, 6) is 0. The van der Waals surface area contributed by atoms with Crippen molar-refractivity contribution in [2.45, 2.75) is 19.4 Å². The van der Waals surface area contributed by atoms with Crippen LogP contribution < -0.4 is 5.32 Å². The number of aliphatic hydroxyl groups excluding tert-OH is 1. The predicted octanol–water partition coefficient (Wildman–Crippen LogP) is 1.55. The molecule has 0 amide bonds. The Morgan fingerprint density at radius 1 is 1.24 bits per heavy atom. The molecule has 0 spiro atoms. The topological polar surface area (TPSA) is 53.8 Å². The molecule has 1 aromatic carbocycles. The maximum Gasteiger partial charge on any atom is 0.142 e. The fourth-order valence-electron chi connectivity index (χ4n) is 1.30. The summed E-state index contributed by atoms with van der Waals surface area (Å²) in [5.41, 5.74) is 1.11. The van der Waals surface area contributed by atoms with Crippen LogP contribution in [-0.2, 0) is 11.4 Å². The van der Waals surface area contributed by atoms with Crippen LogP contribution in [0.2, 0.25) is 0 Å². The highest BCUT2D eigenvalue weighted by Crippen LogP contribution is 1.99. The van der Waals surface area contributed by atoms with E-state index < -0.39 is 0 Å². The molecule has 0 atom stereocenters. The second-order valence-corrected chi connectivity index (χ2v) is 3.68. The third-order valence-electron chi connectivity index (χ3n) is 2.22. The van der Waals surface area contributed by atoms with Gasteiger partial charge in [0.2, 0.25) is 0 Å². The first kappa shape index (κ1) is 13.7. The van der Waals surface area contributed by atoms with Gasteiger partial charge in [0.1, 0.15) is 6.61 Å². The van der Waals surface area contributed by atoms with Gasteiger partial charge in [-0.05, 0) is 24.9 Å². The Bertz CT molecular complexity index is 302. The van der Waals surface area contributed by atoms with Crippen molar-refractivity contribution in [1.29, 1.82) is 0 Å². The van der Waals surface area contributed by atoms with E-state index in [0.29, 0.717) is 13.2 Å². The van der Waals surface area contributed by atoms with Crippen LogP contribution in [-0.4, -0.2) is 31.0 Å². The molecule has 0 unspecified atom stereocenters. The van der Waals surface area contributed by atoms with Gasteiger partial charge in [-0.15, -0.1) is 0 Å². The van der Waals surface area contributed by atoms with Crippen LogP contribution in [0, 0.1) is 0 Å². The Hall–Kier alpha value is -1.39. The second-order valence-electron chi connectivity index (χ2n) is 3.68. The molecule has 0 bridgehead atoms. The minimum absolute atomic E-state index is 0.260. The molecule has 2 N–H and O–H groups in total. The van der Waals surface area contributed by atoms with E-state index in [1.54, 1.807) is 6.21 Å². The Kier molecular flexibility index (Phi) is 7.89. The van der Waals surface area contributed by atoms with Gasteiger partial charge in [-0.2, -0.15) is 0 Å². The van der Waals surface area contributed by atoms with E-state index in [2.05, 4.69) is 10.5 Å². The fraction of sp³-hybridized carbons (Fsp3) is 0.462. The Labute approximate surface area is 102 Å². The predicted molar refractivity (Wildman–Crippen MR) is 68.9 cm³/mol. The highest BCUT2D eigenvalue weighted by Gasteiger charge is 1.89. The van der Waals surface area contributed by atoms with Crippen LogP contribution in [0.3, 0.4) is 0 Å². The van der Waals surface area contributed by atoms with E-state index in [-0.39, 0.29) is 6.61 Å². The maximum absolute atomic E-state index is 8.57. The quantitative estimate of drug-likeness (QED) is 0.388. The van der Waals surface area contributed by atoms with E-state index >= 15 is 0 Å². The first-order chi connectivity index (χ1) is 8.43. The average Bonchev–Trinajstić information content (AvgIpc) is 2.38. The van der Waals surface area contributed by atoms with Gasteiger partial charge in [0.15, 0.2) is 0 Å². The van der Waals surface area contributed by atoms with Crippen molar-refractivity contribution in [2.24, 2.45) is 5.16 Å². The van der Waals surface area contributed by atoms with E-state index in [1.807, 2.05) is 30.3 Å². The summed E-state index contributed by atoms with van der Waals surface area (Å²) in [6.07, 6.45) is 3.53. The first-order valence-corrected chi connectivity index (χ1v) is 5.93. The number of nitrogens with zero attached hydrogens (tertiary/aromatic N) is 1. The lowest BCUT2D eigenvalue weighted by molar-refractivity contribution is 0.131. The Morgan fingerprint density at radius 2 is 2.06 bits per heavy atom. The van der Waals surface area contributed by atoms with Gasteiger partial charge in [-0.1, -0.05) is 35.5 Å². The smallest absolute Gasteiger partial charge is 0.142 e. The van der Waals surface area contributed by atoms with Crippen LogP contribution in [0.15, 0.2) is 35.5 Å². The lowest BCUT2D eigenvalue weighted by Gasteiger charge is -2.00. The number of rotatable bonds is 9. The Balaban J connectivity index is 1.96. The normalized spacial score (nSPS) is 10.9. The molecule has 0 fully saturated rings. The van der Waals surface area contributed by atoms with Crippen molar-refractivity contribution in [3.05, 3.63) is 35.9 Å². The van der Waals surface area contributed by atoms with Crippen LogP contribution in [0.25, 0.3) is 0 Å². The van der Waals surface area contributed by atoms with Gasteiger partial charge < -0.3 is 15.3 Å². The van der Waals surface area contributed by atoms with Gasteiger partial charge in [-0.25, -0.2) is 0 Å². The summed E-state index contributed by atoms with van der Waals surface area (Å²) in [4.78, 5) is 5.14. The van der Waals surface area contributed by atoms with Crippen LogP contribution in [0.4, 0.5) is 0 Å². The van der Waals surface area contributed by atoms with E-state index in [1.165, 1.54) is 0 Å². The number of oxime groups is 1. The highest BCUT2D eigenvalue weighted by molar-refractivity contribution is 5.58. The summed E-state index contributed by atoms with van der Waals surface area (Å²) in [7, 11) is 0. The standard InChI is InChI=1S/C13H20N2O2/c16-11-5-4-8-14-9-10-15-17-12-13-6-2-1-3-7-13/h1-3,6-7,10,14,16H,4-5,8-9,11-12H2/b15-10+. The monoisotopic (exact) mass is 236 g/mol. The van der Waals surface area contributed by atoms with Crippen molar-refractivity contribution in [3.63, 3.8) is 0 Å². The number of hydrogen-bond donors (Lipinski definition) is 2. The van der Waals surface area contributed by atoms with E-state index in [0.717, 1.165) is 24.9 Å². The third kappa shape index (κ3) is 7.49. The largest absolute Gasteiger partial charge is 0.396 e. The summed E-state index contributed by atoms with van der Waals surface area (Å²) in [5, 5.41) is 15.6. The summed E-state index contributed by atoms with van der Waals surface area (Å²) >= 11 is 0. The molecular weight excluding hydrogens is 216 g/mol. The zero-order chi connectivity index (χ0) is 12.2. The van der Waals surface area contributed by atoms with Crippen LogP contribution >= 0.6 is 0 Å². The molecule has 0 radical (unpaired) electrons. The van der Waals surface area contributed by atoms with Gasteiger partial charge in [0.25, 0.3) is 0 Å². The number of nitrogens with one attached hydrogen (secondary N) is 1. The van der Waals surface area contributed by atoms with E-state index in [9.17, 15) is 0 Å². The molecule has 0 aliphatic rings. The molecule has 1 aromatic rings. The SMILES string of the molecule is OCCCCNC/C=N/OCc1ccccc1. The van der Waals surface area contributed by atoms with Gasteiger partial charge in [0, 0.05) is 13.2 Å². The van der Waals surface area contributed by atoms with Crippen molar-refractivity contribution >= 4 is 6.21 Å². The van der Waals surface area contributed by atoms with Crippen molar-refractivity contribution in [3.8, 4) is 0 Å². The Morgan fingerprint density at radius 3 is 2.82 bits per heavy atom. The summed E-state index contributed by atoms with van der Waals surface area (Å²) in [6, 6.07) is 9.94. The molecule has 4 heteroatoms. The minimum atomic E-state index is 0.260. The number of hydrogen-bond acceptors (Lipinski definition) is 4. The van der Waals surface area contributed by atoms with Crippen LogP contribution in [0.1, 0.15) is 18.4 Å². The summed E-state index contributed by atoms with van der Waals surface area (Å²) in [6.45, 7) is 2.35. The molecule has 0 heterocycles. The third-order valence-corrected chi connectivity index (χ3v) is 2.22. The number of benzene rings is 1. The molecule has 0 saturated carbocycles. The molecule has 0 aromatic heterocycles. The zero-order valence-corrected chi connectivity index (χ0v) is 10.0. The second kappa shape index (κ2) is 9.81. The molecule has 1 rings (SSSR count). The van der Waals surface area contributed by atoms with Gasteiger partial charge in [-0.3, -0.25) is 0 Å². The first-order valence-electron chi connectivity index (χ1n) is 5.93. The van der Waals surface area contributed by atoms with Gasteiger partial charge in [0.05, 0.1) is 6.21 Å². The molecular formula is C13H20N2O2. The lowest BCUT2D eigenvalue weighted by Crippen LogP contribution is -2.17. The average molecular weight is 236 g/mol. The van der Waals surface area contributed by atoms with Crippen LogP contribution in [0.5, 0.6) is 0 Å². The number of unbranched alkanes of at least 4 members (excludes halogenated alkanes) is 1. The highest BCUT2D eigenvalue weighted by atomic mass is 16.6. The van der Waals surface area contributed by atoms with Crippen molar-refractivity contribution in [2.75, 3.05) is 19.7 Å². The minimum Gasteiger partial charge on any atom is -0.396 e. The molecule has 4 nitrogen and oxygen atoms in total. The van der Waals surface area contributed by atoms with Crippen molar-refractivity contribution < 1.29 is 9.94 Å². The molecule has 0 saturated heterocycles. The van der Waals surface area contributed by atoms with Crippen molar-refractivity contribution in [1.82, 2.24) is 5.32 Å². The molecule has 94 valence electrons. The molecule has 0 aliphatic heterocycles. The lowest BCUT2D eigenvalue weighted by atomic mass is 10.2. The molecule has 0 aliphatic carbocycles. The maximum atomic E-state index is 8.57.